The normalized spacial score (nSPS) is 19.3. The number of carbonyl (C=O) groups excluding carboxylic acids is 1. The van der Waals surface area contributed by atoms with Crippen molar-refractivity contribution in [2.45, 2.75) is 12.5 Å². The molecule has 1 aromatic rings. The molecule has 1 atom stereocenters. The Hall–Kier alpha value is -1.13. The van der Waals surface area contributed by atoms with Crippen molar-refractivity contribution < 1.29 is 4.79 Å². The molecule has 2 rings (SSSR count). The van der Waals surface area contributed by atoms with Crippen LogP contribution in [0, 0.1) is 0 Å². The van der Waals surface area contributed by atoms with Gasteiger partial charge in [0.2, 0.25) is 0 Å². The quantitative estimate of drug-likeness (QED) is 0.778. The van der Waals surface area contributed by atoms with Crippen molar-refractivity contribution in [3.63, 3.8) is 0 Å². The average Bonchev–Trinajstić information content (AvgIpc) is 2.72. The molecule has 0 unspecified atom stereocenters. The van der Waals surface area contributed by atoms with Gasteiger partial charge >= 0.3 is 0 Å². The highest BCUT2D eigenvalue weighted by Gasteiger charge is 2.17. The van der Waals surface area contributed by atoms with E-state index >= 15 is 0 Å². The maximum absolute atomic E-state index is 11.6. The highest BCUT2D eigenvalue weighted by molar-refractivity contribution is 5.92. The molecule has 1 aliphatic heterocycles. The Morgan fingerprint density at radius 3 is 3.00 bits per heavy atom. The molecule has 0 bridgehead atoms. The van der Waals surface area contributed by atoms with Gasteiger partial charge in [-0.3, -0.25) is 9.78 Å². The van der Waals surface area contributed by atoms with Gasteiger partial charge in [0, 0.05) is 18.8 Å². The van der Waals surface area contributed by atoms with Crippen LogP contribution in [0.1, 0.15) is 16.9 Å². The second-order valence-electron chi connectivity index (χ2n) is 3.38. The zero-order chi connectivity index (χ0) is 9.80. The lowest BCUT2D eigenvalue weighted by Gasteiger charge is -2.10. The highest BCUT2D eigenvalue weighted by Crippen LogP contribution is 1.99. The summed E-state index contributed by atoms with van der Waals surface area (Å²) in [7, 11) is 0. The van der Waals surface area contributed by atoms with Gasteiger partial charge in [-0.2, -0.15) is 0 Å². The van der Waals surface area contributed by atoms with Gasteiger partial charge < -0.3 is 10.6 Å². The molecule has 0 radical (unpaired) electrons. The molecular weight excluding hydrogens is 214 g/mol. The van der Waals surface area contributed by atoms with Crippen molar-refractivity contribution in [1.82, 2.24) is 15.6 Å². The summed E-state index contributed by atoms with van der Waals surface area (Å²) in [5, 5.41) is 6.13. The van der Waals surface area contributed by atoms with Crippen LogP contribution in [0.4, 0.5) is 0 Å². The molecule has 0 aliphatic carbocycles. The number of pyridine rings is 1. The van der Waals surface area contributed by atoms with E-state index in [9.17, 15) is 4.79 Å². The Morgan fingerprint density at radius 2 is 2.40 bits per heavy atom. The summed E-state index contributed by atoms with van der Waals surface area (Å²) in [5.41, 5.74) is 0.486. The van der Waals surface area contributed by atoms with E-state index in [1.807, 2.05) is 6.07 Å². The van der Waals surface area contributed by atoms with Gasteiger partial charge in [0.15, 0.2) is 0 Å². The van der Waals surface area contributed by atoms with Crippen molar-refractivity contribution >= 4 is 18.3 Å². The molecule has 1 aliphatic rings. The molecule has 1 aromatic heterocycles. The number of nitrogens with zero attached hydrogens (tertiary/aromatic N) is 1. The van der Waals surface area contributed by atoms with Gasteiger partial charge in [-0.05, 0) is 25.1 Å². The minimum absolute atomic E-state index is 0. The molecule has 0 aromatic carbocycles. The molecule has 1 amide bonds. The lowest BCUT2D eigenvalue weighted by molar-refractivity contribution is 0.0935. The average molecular weight is 228 g/mol. The fraction of sp³-hybridized carbons (Fsp3) is 0.400. The van der Waals surface area contributed by atoms with Crippen LogP contribution < -0.4 is 10.6 Å². The molecule has 2 heterocycles. The van der Waals surface area contributed by atoms with E-state index in [2.05, 4.69) is 15.6 Å². The van der Waals surface area contributed by atoms with Crippen LogP contribution in [0.25, 0.3) is 0 Å². The van der Waals surface area contributed by atoms with Crippen LogP contribution in [-0.4, -0.2) is 30.0 Å². The fourth-order valence-electron chi connectivity index (χ4n) is 1.53. The van der Waals surface area contributed by atoms with E-state index in [0.717, 1.165) is 19.5 Å². The van der Waals surface area contributed by atoms with Crippen LogP contribution in [0.15, 0.2) is 24.4 Å². The predicted octanol–water partition coefficient (Wildman–Crippen LogP) is 0.595. The third-order valence-corrected chi connectivity index (χ3v) is 2.29. The van der Waals surface area contributed by atoms with E-state index in [0.29, 0.717) is 5.69 Å². The standard InChI is InChI=1S/C10H13N3O.ClH/c14-10(9-3-1-2-5-12-9)13-8-4-6-11-7-8;/h1-3,5,8,11H,4,6-7H2,(H,13,14);1H/t8-;/m0./s1. The number of halogens is 1. The van der Waals surface area contributed by atoms with Crippen LogP contribution in [0.5, 0.6) is 0 Å². The largest absolute Gasteiger partial charge is 0.347 e. The van der Waals surface area contributed by atoms with E-state index in [-0.39, 0.29) is 24.4 Å². The smallest absolute Gasteiger partial charge is 0.270 e. The zero-order valence-corrected chi connectivity index (χ0v) is 9.09. The first-order valence-corrected chi connectivity index (χ1v) is 4.79. The number of amides is 1. The number of hydrogen-bond donors (Lipinski definition) is 2. The Bertz CT molecular complexity index is 312. The van der Waals surface area contributed by atoms with E-state index < -0.39 is 0 Å². The van der Waals surface area contributed by atoms with Gasteiger partial charge in [0.1, 0.15) is 5.69 Å². The Balaban J connectivity index is 0.00000112. The van der Waals surface area contributed by atoms with Crippen LogP contribution in [-0.2, 0) is 0 Å². The summed E-state index contributed by atoms with van der Waals surface area (Å²) in [6.45, 7) is 1.84. The number of aromatic nitrogens is 1. The highest BCUT2D eigenvalue weighted by atomic mass is 35.5. The van der Waals surface area contributed by atoms with E-state index in [1.165, 1.54) is 0 Å². The third-order valence-electron chi connectivity index (χ3n) is 2.29. The molecule has 1 fully saturated rings. The Morgan fingerprint density at radius 1 is 1.53 bits per heavy atom. The van der Waals surface area contributed by atoms with Crippen molar-refractivity contribution in [2.24, 2.45) is 0 Å². The van der Waals surface area contributed by atoms with Crippen molar-refractivity contribution in [3.05, 3.63) is 30.1 Å². The van der Waals surface area contributed by atoms with Crippen molar-refractivity contribution in [3.8, 4) is 0 Å². The van der Waals surface area contributed by atoms with Crippen LogP contribution >= 0.6 is 12.4 Å². The molecule has 5 heteroatoms. The summed E-state index contributed by atoms with van der Waals surface area (Å²) in [4.78, 5) is 15.6. The summed E-state index contributed by atoms with van der Waals surface area (Å²) in [6, 6.07) is 5.59. The summed E-state index contributed by atoms with van der Waals surface area (Å²) in [5.74, 6) is -0.0840. The first-order valence-electron chi connectivity index (χ1n) is 4.79. The van der Waals surface area contributed by atoms with Crippen molar-refractivity contribution in [2.75, 3.05) is 13.1 Å². The maximum Gasteiger partial charge on any atom is 0.270 e. The van der Waals surface area contributed by atoms with Gasteiger partial charge in [-0.1, -0.05) is 6.07 Å². The van der Waals surface area contributed by atoms with Gasteiger partial charge in [0.25, 0.3) is 5.91 Å². The molecule has 0 saturated carbocycles. The second-order valence-corrected chi connectivity index (χ2v) is 3.38. The zero-order valence-electron chi connectivity index (χ0n) is 8.27. The number of carbonyl (C=O) groups is 1. The topological polar surface area (TPSA) is 54.0 Å². The minimum atomic E-state index is -0.0840. The van der Waals surface area contributed by atoms with Gasteiger partial charge in [-0.15, -0.1) is 12.4 Å². The first kappa shape index (κ1) is 11.9. The second kappa shape index (κ2) is 5.68. The first-order chi connectivity index (χ1) is 6.86. The van der Waals surface area contributed by atoms with E-state index in [1.54, 1.807) is 18.3 Å². The Kier molecular flexibility index (Phi) is 4.52. The fourth-order valence-corrected chi connectivity index (χ4v) is 1.53. The Labute approximate surface area is 94.9 Å². The molecule has 4 nitrogen and oxygen atoms in total. The number of hydrogen-bond acceptors (Lipinski definition) is 3. The van der Waals surface area contributed by atoms with Crippen LogP contribution in [0.3, 0.4) is 0 Å². The molecule has 1 saturated heterocycles. The SMILES string of the molecule is Cl.O=C(N[C@H]1CCNC1)c1ccccn1. The molecule has 15 heavy (non-hydrogen) atoms. The number of rotatable bonds is 2. The summed E-state index contributed by atoms with van der Waals surface area (Å²) >= 11 is 0. The molecule has 0 spiro atoms. The third kappa shape index (κ3) is 3.18. The summed E-state index contributed by atoms with van der Waals surface area (Å²) < 4.78 is 0. The summed E-state index contributed by atoms with van der Waals surface area (Å²) in [6.07, 6.45) is 2.63. The number of nitrogens with one attached hydrogen (secondary N) is 2. The maximum atomic E-state index is 11.6. The van der Waals surface area contributed by atoms with Crippen molar-refractivity contribution in [1.29, 1.82) is 0 Å². The molecule has 2 N–H and O–H groups in total. The molecular formula is C10H14ClN3O. The van der Waals surface area contributed by atoms with Crippen LogP contribution in [0.2, 0.25) is 0 Å². The predicted molar refractivity (Wildman–Crippen MR) is 60.2 cm³/mol. The minimum Gasteiger partial charge on any atom is -0.347 e. The van der Waals surface area contributed by atoms with Gasteiger partial charge in [0.05, 0.1) is 0 Å². The monoisotopic (exact) mass is 227 g/mol. The molecule has 82 valence electrons. The lowest BCUT2D eigenvalue weighted by atomic mass is 10.2. The van der Waals surface area contributed by atoms with E-state index in [4.69, 9.17) is 0 Å². The lowest BCUT2D eigenvalue weighted by Crippen LogP contribution is -2.36. The van der Waals surface area contributed by atoms with Gasteiger partial charge in [-0.25, -0.2) is 0 Å².